The van der Waals surface area contributed by atoms with E-state index in [2.05, 4.69) is 20.8 Å². The third-order valence-electron chi connectivity index (χ3n) is 2.60. The first kappa shape index (κ1) is 13.0. The first-order chi connectivity index (χ1) is 6.12. The average Bonchev–Trinajstić information content (AvgIpc) is 2.11. The lowest BCUT2D eigenvalue weighted by atomic mass is 9.88. The zero-order valence-corrected chi connectivity index (χ0v) is 9.57. The number of unbranched alkanes of at least 4 members (excludes halogenated alkanes) is 5. The molecule has 1 heteroatoms. The highest BCUT2D eigenvalue weighted by atomic mass is 16.3. The van der Waals surface area contributed by atoms with Crippen molar-refractivity contribution in [2.24, 2.45) is 5.41 Å². The van der Waals surface area contributed by atoms with Gasteiger partial charge in [-0.3, -0.25) is 0 Å². The molecule has 0 heterocycles. The molecule has 1 nitrogen and oxygen atoms in total. The summed E-state index contributed by atoms with van der Waals surface area (Å²) in [6, 6.07) is 0. The van der Waals surface area contributed by atoms with Crippen LogP contribution in [0.2, 0.25) is 0 Å². The minimum Gasteiger partial charge on any atom is -0.236 e. The zero-order valence-electron chi connectivity index (χ0n) is 9.57. The Bertz CT molecular complexity index is 108. The Balaban J connectivity index is 3.16. The van der Waals surface area contributed by atoms with Gasteiger partial charge < -0.3 is 0 Å². The highest BCUT2D eigenvalue weighted by Crippen LogP contribution is 2.23. The van der Waals surface area contributed by atoms with Crippen LogP contribution >= 0.6 is 0 Å². The molecule has 0 aliphatic rings. The van der Waals surface area contributed by atoms with Crippen molar-refractivity contribution in [3.63, 3.8) is 0 Å². The van der Waals surface area contributed by atoms with Crippen LogP contribution in [0.5, 0.6) is 0 Å². The molecule has 0 aromatic rings. The van der Waals surface area contributed by atoms with Crippen LogP contribution < -0.4 is 0 Å². The Morgan fingerprint density at radius 1 is 0.923 bits per heavy atom. The molecule has 1 radical (unpaired) electrons. The van der Waals surface area contributed by atoms with E-state index in [4.69, 9.17) is 0 Å². The molecule has 0 rings (SSSR count). The average molecular weight is 185 g/mol. The van der Waals surface area contributed by atoms with Crippen LogP contribution in [0, 0.1) is 5.41 Å². The summed E-state index contributed by atoms with van der Waals surface area (Å²) >= 11 is 0. The largest absolute Gasteiger partial charge is 0.236 e. The topological polar surface area (TPSA) is 19.9 Å². The van der Waals surface area contributed by atoms with E-state index in [0.29, 0.717) is 0 Å². The van der Waals surface area contributed by atoms with Gasteiger partial charge >= 0.3 is 0 Å². The molecule has 0 spiro atoms. The molecule has 0 saturated heterocycles. The van der Waals surface area contributed by atoms with Gasteiger partial charge in [0.1, 0.15) is 0 Å². The van der Waals surface area contributed by atoms with Gasteiger partial charge in [-0.05, 0) is 11.8 Å². The van der Waals surface area contributed by atoms with Crippen molar-refractivity contribution in [3.05, 3.63) is 0 Å². The Hall–Kier alpha value is -0.0400. The third-order valence-corrected chi connectivity index (χ3v) is 2.60. The molecule has 0 aromatic carbocycles. The number of rotatable bonds is 8. The maximum absolute atomic E-state index is 10.7. The van der Waals surface area contributed by atoms with Crippen LogP contribution in [0.15, 0.2) is 0 Å². The maximum Gasteiger partial charge on any atom is 0.0873 e. The molecule has 0 aliphatic carbocycles. The van der Waals surface area contributed by atoms with Crippen molar-refractivity contribution in [1.29, 1.82) is 0 Å². The van der Waals surface area contributed by atoms with Crippen molar-refractivity contribution in [1.82, 2.24) is 0 Å². The van der Waals surface area contributed by atoms with Crippen LogP contribution in [-0.2, 0) is 5.11 Å². The van der Waals surface area contributed by atoms with Gasteiger partial charge in [0, 0.05) is 0 Å². The van der Waals surface area contributed by atoms with E-state index < -0.39 is 0 Å². The predicted octanol–water partition coefficient (Wildman–Crippen LogP) is 4.19. The van der Waals surface area contributed by atoms with Crippen LogP contribution in [0.25, 0.3) is 0 Å². The summed E-state index contributed by atoms with van der Waals surface area (Å²) < 4.78 is 0. The van der Waals surface area contributed by atoms with Crippen molar-refractivity contribution in [3.8, 4) is 0 Å². The van der Waals surface area contributed by atoms with Gasteiger partial charge in [0.2, 0.25) is 0 Å². The van der Waals surface area contributed by atoms with E-state index in [9.17, 15) is 5.11 Å². The summed E-state index contributed by atoms with van der Waals surface area (Å²) in [4.78, 5) is 0. The van der Waals surface area contributed by atoms with Gasteiger partial charge in [0.25, 0.3) is 0 Å². The second-order valence-corrected chi connectivity index (χ2v) is 4.83. The fourth-order valence-corrected chi connectivity index (χ4v) is 1.46. The molecular weight excluding hydrogens is 160 g/mol. The quantitative estimate of drug-likeness (QED) is 0.505. The number of hydrogen-bond donors (Lipinski definition) is 0. The zero-order chi connectivity index (χ0) is 10.2. The Morgan fingerprint density at radius 2 is 1.46 bits per heavy atom. The van der Waals surface area contributed by atoms with E-state index in [-0.39, 0.29) is 12.0 Å². The second kappa shape index (κ2) is 7.37. The van der Waals surface area contributed by atoms with Crippen LogP contribution in [0.1, 0.15) is 65.7 Å². The normalized spacial score (nSPS) is 12.0. The summed E-state index contributed by atoms with van der Waals surface area (Å²) in [5.41, 5.74) is 0.0325. The Labute approximate surface area is 83.5 Å². The Kier molecular flexibility index (Phi) is 7.35. The van der Waals surface area contributed by atoms with Crippen LogP contribution in [0.3, 0.4) is 0 Å². The van der Waals surface area contributed by atoms with E-state index >= 15 is 0 Å². The molecule has 0 bridgehead atoms. The van der Waals surface area contributed by atoms with E-state index in [1.807, 2.05) is 0 Å². The maximum atomic E-state index is 10.7. The fourth-order valence-electron chi connectivity index (χ4n) is 1.46. The minimum absolute atomic E-state index is 0.0325. The lowest BCUT2D eigenvalue weighted by Crippen LogP contribution is -2.15. The van der Waals surface area contributed by atoms with Gasteiger partial charge in [-0.2, -0.15) is 0 Å². The van der Waals surface area contributed by atoms with E-state index in [0.717, 1.165) is 6.42 Å². The monoisotopic (exact) mass is 185 g/mol. The highest BCUT2D eigenvalue weighted by molar-refractivity contribution is 4.66. The fraction of sp³-hybridized carbons (Fsp3) is 1.00. The smallest absolute Gasteiger partial charge is 0.0873 e. The van der Waals surface area contributed by atoms with Crippen molar-refractivity contribution >= 4 is 0 Å². The van der Waals surface area contributed by atoms with Crippen molar-refractivity contribution in [2.45, 2.75) is 65.7 Å². The third kappa shape index (κ3) is 8.29. The SMILES string of the molecule is CCCCCCCCC(C)(C)C[O]. The summed E-state index contributed by atoms with van der Waals surface area (Å²) in [6.07, 6.45) is 9.04. The van der Waals surface area contributed by atoms with Crippen molar-refractivity contribution < 1.29 is 5.11 Å². The summed E-state index contributed by atoms with van der Waals surface area (Å²) in [6.45, 7) is 6.46. The van der Waals surface area contributed by atoms with Gasteiger partial charge in [-0.15, -0.1) is 0 Å². The van der Waals surface area contributed by atoms with Crippen molar-refractivity contribution in [2.75, 3.05) is 6.61 Å². The summed E-state index contributed by atoms with van der Waals surface area (Å²) in [5, 5.41) is 10.7. The molecule has 0 aliphatic heterocycles. The van der Waals surface area contributed by atoms with Crippen LogP contribution in [0.4, 0.5) is 0 Å². The lowest BCUT2D eigenvalue weighted by Gasteiger charge is -2.19. The van der Waals surface area contributed by atoms with Gasteiger partial charge in [-0.1, -0.05) is 59.3 Å². The first-order valence-electron chi connectivity index (χ1n) is 5.70. The van der Waals surface area contributed by atoms with E-state index in [1.54, 1.807) is 0 Å². The molecule has 0 fully saturated rings. The molecule has 13 heavy (non-hydrogen) atoms. The first-order valence-corrected chi connectivity index (χ1v) is 5.70. The molecule has 0 amide bonds. The van der Waals surface area contributed by atoms with Gasteiger partial charge in [0.05, 0.1) is 6.61 Å². The molecule has 0 aromatic heterocycles. The van der Waals surface area contributed by atoms with Gasteiger partial charge in [-0.25, -0.2) is 5.11 Å². The number of hydrogen-bond acceptors (Lipinski definition) is 0. The molecule has 0 unspecified atom stereocenters. The molecule has 79 valence electrons. The Morgan fingerprint density at radius 3 is 2.00 bits per heavy atom. The second-order valence-electron chi connectivity index (χ2n) is 4.83. The molecule has 0 saturated carbocycles. The highest BCUT2D eigenvalue weighted by Gasteiger charge is 2.15. The van der Waals surface area contributed by atoms with Crippen LogP contribution in [-0.4, -0.2) is 6.61 Å². The molecule has 0 N–H and O–H groups in total. The molecule has 0 atom stereocenters. The standard InChI is InChI=1S/C12H25O/c1-4-5-6-7-8-9-10-12(2,3)11-13/h4-11H2,1-3H3. The van der Waals surface area contributed by atoms with E-state index in [1.165, 1.54) is 38.5 Å². The summed E-state index contributed by atoms with van der Waals surface area (Å²) in [5.74, 6) is 0. The summed E-state index contributed by atoms with van der Waals surface area (Å²) in [7, 11) is 0. The van der Waals surface area contributed by atoms with Gasteiger partial charge in [0.15, 0.2) is 0 Å². The predicted molar refractivity (Wildman–Crippen MR) is 57.3 cm³/mol. The minimum atomic E-state index is 0.0325. The molecular formula is C12H25O. The lowest BCUT2D eigenvalue weighted by molar-refractivity contribution is 0.0850.